The van der Waals surface area contributed by atoms with Crippen molar-refractivity contribution in [2.24, 2.45) is 0 Å². The van der Waals surface area contributed by atoms with Crippen LogP contribution in [-0.4, -0.2) is 22.8 Å². The molecule has 1 N–H and O–H groups in total. The molecule has 1 heterocycles. The van der Waals surface area contributed by atoms with Gasteiger partial charge in [-0.3, -0.25) is 4.79 Å². The molecule has 2 rings (SSSR count). The molecule has 2 aromatic rings. The maximum atomic E-state index is 12.4. The Hall–Kier alpha value is -2.30. The Morgan fingerprint density at radius 1 is 1.35 bits per heavy atom. The van der Waals surface area contributed by atoms with Gasteiger partial charge >= 0.3 is 5.97 Å². The summed E-state index contributed by atoms with van der Waals surface area (Å²) in [6.07, 6.45) is 1.74. The zero-order chi connectivity index (χ0) is 14.7. The number of ether oxygens (including phenoxy) is 1. The van der Waals surface area contributed by atoms with E-state index in [-0.39, 0.29) is 11.3 Å². The van der Waals surface area contributed by atoms with Gasteiger partial charge in [-0.2, -0.15) is 0 Å². The highest BCUT2D eigenvalue weighted by atomic mass is 16.5. The van der Waals surface area contributed by atoms with Gasteiger partial charge in [-0.05, 0) is 18.6 Å². The number of aromatic nitrogens is 1. The van der Waals surface area contributed by atoms with Gasteiger partial charge < -0.3 is 14.4 Å². The second-order valence-corrected chi connectivity index (χ2v) is 4.54. The number of hydrogen-bond donors (Lipinski definition) is 1. The minimum atomic E-state index is -0.816. The average Bonchev–Trinajstić information content (AvgIpc) is 2.47. The Morgan fingerprint density at radius 3 is 2.70 bits per heavy atom. The summed E-state index contributed by atoms with van der Waals surface area (Å²) in [4.78, 5) is 24.1. The fraction of sp³-hybridized carbons (Fsp3) is 0.333. The lowest BCUT2D eigenvalue weighted by Crippen LogP contribution is -2.27. The normalized spacial score (nSPS) is 10.7. The van der Waals surface area contributed by atoms with E-state index < -0.39 is 11.5 Å². The van der Waals surface area contributed by atoms with E-state index in [0.717, 1.165) is 12.8 Å². The van der Waals surface area contributed by atoms with Crippen molar-refractivity contribution >= 4 is 16.9 Å². The zero-order valence-corrected chi connectivity index (χ0v) is 11.5. The average molecular weight is 275 g/mol. The number of benzene rings is 1. The Balaban J connectivity index is 2.81. The van der Waals surface area contributed by atoms with Crippen molar-refractivity contribution in [3.8, 4) is 5.75 Å². The molecule has 0 saturated carbocycles. The molecular formula is C15H17NO4. The lowest BCUT2D eigenvalue weighted by molar-refractivity contribution is 0.0595. The van der Waals surface area contributed by atoms with Crippen LogP contribution >= 0.6 is 0 Å². The van der Waals surface area contributed by atoms with Crippen LogP contribution < -0.4 is 5.56 Å². The second kappa shape index (κ2) is 5.77. The lowest BCUT2D eigenvalue weighted by Gasteiger charge is -2.13. The van der Waals surface area contributed by atoms with Crippen molar-refractivity contribution in [3.05, 3.63) is 40.2 Å². The highest BCUT2D eigenvalue weighted by molar-refractivity contribution is 5.99. The highest BCUT2D eigenvalue weighted by Gasteiger charge is 2.22. The summed E-state index contributed by atoms with van der Waals surface area (Å²) in [7, 11) is 1.19. The standard InChI is InChI=1S/C15H17NO4/c1-3-4-9-16-11-8-6-5-7-10(11)13(17)12(14(16)18)15(19)20-2/h5-8,17H,3-4,9H2,1-2H3. The first-order chi connectivity index (χ1) is 9.61. The summed E-state index contributed by atoms with van der Waals surface area (Å²) in [5.74, 6) is -1.13. The predicted octanol–water partition coefficient (Wildman–Crippen LogP) is 2.29. The molecule has 0 spiro atoms. The number of methoxy groups -OCH3 is 1. The number of esters is 1. The summed E-state index contributed by atoms with van der Waals surface area (Å²) in [5.41, 5.74) is -0.195. The van der Waals surface area contributed by atoms with Crippen molar-refractivity contribution in [1.29, 1.82) is 0 Å². The summed E-state index contributed by atoms with van der Waals surface area (Å²) < 4.78 is 6.11. The minimum absolute atomic E-state index is 0.303. The van der Waals surface area contributed by atoms with Crippen LogP contribution in [0.2, 0.25) is 0 Å². The van der Waals surface area contributed by atoms with Crippen LogP contribution in [0.1, 0.15) is 30.1 Å². The van der Waals surface area contributed by atoms with Gasteiger partial charge in [0, 0.05) is 11.9 Å². The molecule has 1 aromatic carbocycles. The molecule has 5 heteroatoms. The number of aryl methyl sites for hydroxylation is 1. The number of unbranched alkanes of at least 4 members (excludes halogenated alkanes) is 1. The van der Waals surface area contributed by atoms with Crippen LogP contribution in [0.5, 0.6) is 5.75 Å². The van der Waals surface area contributed by atoms with Gasteiger partial charge in [0.2, 0.25) is 0 Å². The van der Waals surface area contributed by atoms with Crippen LogP contribution in [0, 0.1) is 0 Å². The molecule has 0 aliphatic rings. The van der Waals surface area contributed by atoms with Gasteiger partial charge in [-0.25, -0.2) is 4.79 Å². The molecule has 106 valence electrons. The zero-order valence-electron chi connectivity index (χ0n) is 11.5. The second-order valence-electron chi connectivity index (χ2n) is 4.54. The number of aromatic hydroxyl groups is 1. The minimum Gasteiger partial charge on any atom is -0.506 e. The first-order valence-electron chi connectivity index (χ1n) is 6.54. The quantitative estimate of drug-likeness (QED) is 0.869. The molecule has 0 aliphatic heterocycles. The monoisotopic (exact) mass is 275 g/mol. The Kier molecular flexibility index (Phi) is 4.08. The van der Waals surface area contributed by atoms with Gasteiger partial charge in [0.1, 0.15) is 5.75 Å². The molecule has 0 amide bonds. The van der Waals surface area contributed by atoms with E-state index in [2.05, 4.69) is 4.74 Å². The van der Waals surface area contributed by atoms with E-state index in [1.165, 1.54) is 11.7 Å². The van der Waals surface area contributed by atoms with E-state index in [9.17, 15) is 14.7 Å². The summed E-state index contributed by atoms with van der Waals surface area (Å²) in [6.45, 7) is 2.52. The fourth-order valence-electron chi connectivity index (χ4n) is 2.21. The van der Waals surface area contributed by atoms with E-state index in [4.69, 9.17) is 0 Å². The third-order valence-corrected chi connectivity index (χ3v) is 3.27. The highest BCUT2D eigenvalue weighted by Crippen LogP contribution is 2.26. The number of fused-ring (bicyclic) bond motifs is 1. The van der Waals surface area contributed by atoms with Gasteiger partial charge in [0.25, 0.3) is 5.56 Å². The van der Waals surface area contributed by atoms with E-state index >= 15 is 0 Å². The van der Waals surface area contributed by atoms with Crippen molar-refractivity contribution in [1.82, 2.24) is 4.57 Å². The largest absolute Gasteiger partial charge is 0.506 e. The number of carbonyl (C=O) groups is 1. The summed E-state index contributed by atoms with van der Waals surface area (Å²) in [6, 6.07) is 6.98. The van der Waals surface area contributed by atoms with Crippen LogP contribution in [0.15, 0.2) is 29.1 Å². The molecule has 1 aromatic heterocycles. The van der Waals surface area contributed by atoms with Crippen molar-refractivity contribution in [3.63, 3.8) is 0 Å². The Labute approximate surface area is 116 Å². The summed E-state index contributed by atoms with van der Waals surface area (Å²) >= 11 is 0. The third kappa shape index (κ3) is 2.27. The Bertz CT molecular complexity index is 703. The van der Waals surface area contributed by atoms with E-state index in [1.807, 2.05) is 6.92 Å². The fourth-order valence-corrected chi connectivity index (χ4v) is 2.21. The number of carbonyl (C=O) groups excluding carboxylic acids is 1. The molecule has 0 saturated heterocycles. The maximum absolute atomic E-state index is 12.4. The third-order valence-electron chi connectivity index (χ3n) is 3.27. The van der Waals surface area contributed by atoms with Crippen molar-refractivity contribution < 1.29 is 14.6 Å². The van der Waals surface area contributed by atoms with Gasteiger partial charge in [-0.1, -0.05) is 25.5 Å². The van der Waals surface area contributed by atoms with Crippen molar-refractivity contribution in [2.45, 2.75) is 26.3 Å². The number of para-hydroxylation sites is 1. The number of hydrogen-bond acceptors (Lipinski definition) is 4. The topological polar surface area (TPSA) is 68.5 Å². The molecule has 0 fully saturated rings. The van der Waals surface area contributed by atoms with Crippen LogP contribution in [0.4, 0.5) is 0 Å². The van der Waals surface area contributed by atoms with E-state index in [0.29, 0.717) is 17.4 Å². The predicted molar refractivity (Wildman–Crippen MR) is 76.1 cm³/mol. The van der Waals surface area contributed by atoms with Gasteiger partial charge in [0.15, 0.2) is 5.56 Å². The smallest absolute Gasteiger partial charge is 0.347 e. The van der Waals surface area contributed by atoms with Gasteiger partial charge in [-0.15, -0.1) is 0 Å². The summed E-state index contributed by atoms with van der Waals surface area (Å²) in [5, 5.41) is 10.6. The number of rotatable bonds is 4. The number of pyridine rings is 1. The molecule has 0 radical (unpaired) electrons. The molecule has 0 bridgehead atoms. The molecule has 5 nitrogen and oxygen atoms in total. The van der Waals surface area contributed by atoms with E-state index in [1.54, 1.807) is 24.3 Å². The van der Waals surface area contributed by atoms with Crippen LogP contribution in [0.25, 0.3) is 10.9 Å². The molecule has 0 aliphatic carbocycles. The lowest BCUT2D eigenvalue weighted by atomic mass is 10.1. The van der Waals surface area contributed by atoms with Crippen LogP contribution in [-0.2, 0) is 11.3 Å². The molecule has 20 heavy (non-hydrogen) atoms. The molecular weight excluding hydrogens is 258 g/mol. The Morgan fingerprint density at radius 2 is 2.05 bits per heavy atom. The number of nitrogens with zero attached hydrogens (tertiary/aromatic N) is 1. The SMILES string of the molecule is CCCCn1c(=O)c(C(=O)OC)c(O)c2ccccc21. The molecule has 0 atom stereocenters. The van der Waals surface area contributed by atoms with Crippen molar-refractivity contribution in [2.75, 3.05) is 7.11 Å². The first-order valence-corrected chi connectivity index (χ1v) is 6.54. The first kappa shape index (κ1) is 14.1. The maximum Gasteiger partial charge on any atom is 0.347 e. The molecule has 0 unspecified atom stereocenters. The van der Waals surface area contributed by atoms with Gasteiger partial charge in [0.05, 0.1) is 12.6 Å². The van der Waals surface area contributed by atoms with Crippen LogP contribution in [0.3, 0.4) is 0 Å².